The first-order valence-corrected chi connectivity index (χ1v) is 9.43. The average Bonchev–Trinajstić information content (AvgIpc) is 2.78. The second kappa shape index (κ2) is 9.67. The van der Waals surface area contributed by atoms with E-state index in [2.05, 4.69) is 15.3 Å². The summed E-state index contributed by atoms with van der Waals surface area (Å²) in [5.41, 5.74) is 10.4. The summed E-state index contributed by atoms with van der Waals surface area (Å²) in [4.78, 5) is 29.5. The highest BCUT2D eigenvalue weighted by molar-refractivity contribution is 5.94. The van der Waals surface area contributed by atoms with Crippen molar-refractivity contribution < 1.29 is 19.1 Å². The zero-order chi connectivity index (χ0) is 21.5. The molecule has 2 aromatic carbocycles. The molecule has 1 aliphatic heterocycles. The van der Waals surface area contributed by atoms with Crippen molar-refractivity contribution in [2.45, 2.75) is 25.0 Å². The molecule has 156 valence electrons. The van der Waals surface area contributed by atoms with Gasteiger partial charge >= 0.3 is 0 Å². The Balaban J connectivity index is 1.71. The number of rotatable bonds is 9. The molecule has 9 heteroatoms. The third kappa shape index (κ3) is 4.64. The van der Waals surface area contributed by atoms with Crippen molar-refractivity contribution in [1.82, 2.24) is 10.2 Å². The number of hydrogen-bond acceptors (Lipinski definition) is 5. The van der Waals surface area contributed by atoms with Gasteiger partial charge in [-0.05, 0) is 23.2 Å². The van der Waals surface area contributed by atoms with E-state index in [4.69, 9.17) is 15.0 Å². The predicted octanol–water partition coefficient (Wildman–Crippen LogP) is 2.45. The summed E-state index contributed by atoms with van der Waals surface area (Å²) in [5.74, 6) is 0.739. The minimum atomic E-state index is -0.726. The maximum absolute atomic E-state index is 12.8. The fourth-order valence-electron chi connectivity index (χ4n) is 3.45. The molecule has 0 spiro atoms. The molecule has 2 amide bonds. The third-order valence-electron chi connectivity index (χ3n) is 5.03. The van der Waals surface area contributed by atoms with Gasteiger partial charge in [-0.15, -0.1) is 0 Å². The first-order valence-electron chi connectivity index (χ1n) is 9.43. The molecule has 1 heterocycles. The molecular weight excluding hydrogens is 386 g/mol. The summed E-state index contributed by atoms with van der Waals surface area (Å²) in [6, 6.07) is 13.5. The van der Waals surface area contributed by atoms with Crippen LogP contribution in [0.5, 0.6) is 11.5 Å². The number of carbonyl (C=O) groups is 2. The molecule has 3 rings (SSSR count). The lowest BCUT2D eigenvalue weighted by Crippen LogP contribution is -2.71. The van der Waals surface area contributed by atoms with E-state index in [1.807, 2.05) is 36.4 Å². The number of nitrogens with one attached hydrogen (secondary N) is 1. The molecule has 2 atom stereocenters. The fourth-order valence-corrected chi connectivity index (χ4v) is 3.45. The quantitative estimate of drug-likeness (QED) is 0.296. The zero-order valence-electron chi connectivity index (χ0n) is 16.8. The Morgan fingerprint density at radius 3 is 2.63 bits per heavy atom. The largest absolute Gasteiger partial charge is 0.497 e. The minimum absolute atomic E-state index is 0.0665. The van der Waals surface area contributed by atoms with E-state index >= 15 is 0 Å². The predicted molar refractivity (Wildman–Crippen MR) is 110 cm³/mol. The lowest BCUT2D eigenvalue weighted by atomic mass is 9.93. The van der Waals surface area contributed by atoms with Crippen molar-refractivity contribution in [3.63, 3.8) is 0 Å². The number of methoxy groups -OCH3 is 2. The van der Waals surface area contributed by atoms with Crippen molar-refractivity contribution in [3.8, 4) is 11.5 Å². The van der Waals surface area contributed by atoms with Crippen molar-refractivity contribution in [1.29, 1.82) is 0 Å². The van der Waals surface area contributed by atoms with Crippen LogP contribution in [0.15, 0.2) is 53.6 Å². The molecule has 30 heavy (non-hydrogen) atoms. The number of carbonyl (C=O) groups excluding carboxylic acids is 2. The fraction of sp³-hybridized carbons (Fsp3) is 0.333. The monoisotopic (exact) mass is 409 g/mol. The Morgan fingerprint density at radius 2 is 1.97 bits per heavy atom. The van der Waals surface area contributed by atoms with Crippen molar-refractivity contribution in [2.75, 3.05) is 20.8 Å². The summed E-state index contributed by atoms with van der Waals surface area (Å²) >= 11 is 0. The highest BCUT2D eigenvalue weighted by atomic mass is 16.5. The molecule has 9 nitrogen and oxygen atoms in total. The van der Waals surface area contributed by atoms with E-state index in [1.54, 1.807) is 31.3 Å². The van der Waals surface area contributed by atoms with Gasteiger partial charge in [0.2, 0.25) is 11.8 Å². The van der Waals surface area contributed by atoms with E-state index in [-0.39, 0.29) is 31.3 Å². The average molecular weight is 409 g/mol. The first-order chi connectivity index (χ1) is 14.6. The van der Waals surface area contributed by atoms with E-state index in [0.29, 0.717) is 11.5 Å². The van der Waals surface area contributed by atoms with Crippen LogP contribution in [0.2, 0.25) is 0 Å². The Morgan fingerprint density at radius 1 is 1.20 bits per heavy atom. The van der Waals surface area contributed by atoms with Gasteiger partial charge in [0.05, 0.1) is 26.7 Å². The molecule has 2 aromatic rings. The number of β-lactam (4-membered cyclic amide) rings is 1. The molecular formula is C21H23N5O4. The van der Waals surface area contributed by atoms with Gasteiger partial charge in [-0.2, -0.15) is 0 Å². The second-order valence-electron chi connectivity index (χ2n) is 6.83. The molecule has 0 unspecified atom stereocenters. The molecule has 0 radical (unpaired) electrons. The van der Waals surface area contributed by atoms with Crippen LogP contribution >= 0.6 is 0 Å². The van der Waals surface area contributed by atoms with Crippen molar-refractivity contribution in [2.24, 2.45) is 5.11 Å². The highest BCUT2D eigenvalue weighted by Crippen LogP contribution is 2.30. The number of hydrogen-bond donors (Lipinski definition) is 1. The lowest BCUT2D eigenvalue weighted by Gasteiger charge is -2.47. The van der Waals surface area contributed by atoms with Crippen molar-refractivity contribution in [3.05, 3.63) is 70.1 Å². The number of nitrogens with zero attached hydrogens (tertiary/aromatic N) is 4. The minimum Gasteiger partial charge on any atom is -0.497 e. The van der Waals surface area contributed by atoms with Crippen LogP contribution in [0.1, 0.15) is 11.1 Å². The highest BCUT2D eigenvalue weighted by Gasteiger charge is 2.47. The molecule has 0 aromatic heterocycles. The van der Waals surface area contributed by atoms with Crippen molar-refractivity contribution >= 4 is 11.8 Å². The SMILES string of the molecule is COc1ccc(CN2C(=O)[C@H](NC(=O)Cc3ccccc3)[C@@H]2CN=[N+]=[N-])c(OC)c1. The van der Waals surface area contributed by atoms with Crippen LogP contribution in [-0.4, -0.2) is 49.6 Å². The maximum Gasteiger partial charge on any atom is 0.247 e. The Labute approximate surface area is 174 Å². The summed E-state index contributed by atoms with van der Waals surface area (Å²) in [6.07, 6.45) is 0.172. The topological polar surface area (TPSA) is 117 Å². The Hall–Kier alpha value is -3.71. The number of likely N-dealkylation sites (tertiary alicyclic amines) is 1. The molecule has 0 saturated carbocycles. The van der Waals surface area contributed by atoms with Crippen LogP contribution in [0.25, 0.3) is 10.4 Å². The third-order valence-corrected chi connectivity index (χ3v) is 5.03. The van der Waals surface area contributed by atoms with E-state index in [9.17, 15) is 9.59 Å². The van der Waals surface area contributed by atoms with Gasteiger partial charge in [0, 0.05) is 29.6 Å². The van der Waals surface area contributed by atoms with Gasteiger partial charge in [0.15, 0.2) is 0 Å². The smallest absolute Gasteiger partial charge is 0.247 e. The summed E-state index contributed by atoms with van der Waals surface area (Å²) in [5, 5.41) is 6.39. The number of benzene rings is 2. The lowest BCUT2D eigenvalue weighted by molar-refractivity contribution is -0.154. The molecule has 1 fully saturated rings. The zero-order valence-corrected chi connectivity index (χ0v) is 16.8. The first kappa shape index (κ1) is 21.0. The van der Waals surface area contributed by atoms with E-state index in [1.165, 1.54) is 0 Å². The number of ether oxygens (including phenoxy) is 2. The molecule has 0 bridgehead atoms. The normalized spacial score (nSPS) is 17.5. The molecule has 0 aliphatic carbocycles. The van der Waals surface area contributed by atoms with Crippen LogP contribution in [0.3, 0.4) is 0 Å². The summed E-state index contributed by atoms with van der Waals surface area (Å²) in [6.45, 7) is 0.333. The van der Waals surface area contributed by atoms with E-state index in [0.717, 1.165) is 11.1 Å². The van der Waals surface area contributed by atoms with Gasteiger partial charge in [-0.3, -0.25) is 9.59 Å². The van der Waals surface area contributed by atoms with Crippen LogP contribution in [0, 0.1) is 0 Å². The van der Waals surface area contributed by atoms with Crippen LogP contribution in [0.4, 0.5) is 0 Å². The van der Waals surface area contributed by atoms with E-state index < -0.39 is 12.1 Å². The summed E-state index contributed by atoms with van der Waals surface area (Å²) < 4.78 is 10.6. The number of amides is 2. The maximum atomic E-state index is 12.8. The summed E-state index contributed by atoms with van der Waals surface area (Å²) in [7, 11) is 3.10. The molecule has 1 aliphatic rings. The van der Waals surface area contributed by atoms with Gasteiger partial charge in [-0.25, -0.2) is 0 Å². The van der Waals surface area contributed by atoms with Gasteiger partial charge in [0.25, 0.3) is 0 Å². The number of azide groups is 1. The standard InChI is InChI=1S/C21H23N5O4/c1-29-16-9-8-15(18(11-16)30-2)13-26-17(12-23-25-22)20(21(26)28)24-19(27)10-14-6-4-3-5-7-14/h3-9,11,17,20H,10,12-13H2,1-2H3,(H,24,27)/t17-,20+/m0/s1. The molecule has 1 N–H and O–H groups in total. The van der Waals surface area contributed by atoms with Crippen LogP contribution in [-0.2, 0) is 22.6 Å². The van der Waals surface area contributed by atoms with Gasteiger partial charge in [-0.1, -0.05) is 35.4 Å². The van der Waals surface area contributed by atoms with Gasteiger partial charge < -0.3 is 19.7 Å². The Bertz CT molecular complexity index is 959. The van der Waals surface area contributed by atoms with Gasteiger partial charge in [0.1, 0.15) is 17.5 Å². The van der Waals surface area contributed by atoms with Crippen LogP contribution < -0.4 is 14.8 Å². The molecule has 1 saturated heterocycles. The second-order valence-corrected chi connectivity index (χ2v) is 6.83. The Kier molecular flexibility index (Phi) is 6.77.